The van der Waals surface area contributed by atoms with Crippen LogP contribution in [0.2, 0.25) is 10.0 Å². The lowest BCUT2D eigenvalue weighted by atomic mass is 9.59. The number of anilines is 1. The van der Waals surface area contributed by atoms with Crippen molar-refractivity contribution in [3.8, 4) is 0 Å². The highest BCUT2D eigenvalue weighted by molar-refractivity contribution is 6.31. The van der Waals surface area contributed by atoms with E-state index >= 15 is 8.78 Å². The predicted octanol–water partition coefficient (Wildman–Crippen LogP) is 7.25. The van der Waals surface area contributed by atoms with Crippen LogP contribution < -0.4 is 16.4 Å². The third kappa shape index (κ3) is 6.19. The Morgan fingerprint density at radius 2 is 1.78 bits per heavy atom. The maximum Gasteiger partial charge on any atom is 0.242 e. The van der Waals surface area contributed by atoms with Gasteiger partial charge in [0.1, 0.15) is 11.6 Å². The van der Waals surface area contributed by atoms with Crippen molar-refractivity contribution in [3.05, 3.63) is 99.0 Å². The number of hydrogen-bond donors (Lipinski definition) is 4. The number of amides is 1. The van der Waals surface area contributed by atoms with Gasteiger partial charge in [-0.1, -0.05) is 74.3 Å². The van der Waals surface area contributed by atoms with E-state index in [2.05, 4.69) is 10.6 Å². The van der Waals surface area contributed by atoms with Crippen LogP contribution in [0.25, 0.3) is 0 Å². The van der Waals surface area contributed by atoms with E-state index in [9.17, 15) is 4.79 Å². The number of carbonyl (C=O) groups excluding carboxylic acids is 1. The van der Waals surface area contributed by atoms with E-state index in [4.69, 9.17) is 34.3 Å². The van der Waals surface area contributed by atoms with Gasteiger partial charge in [-0.05, 0) is 73.2 Å². The number of carbonyl (C=O) groups is 1. The fourth-order valence-electron chi connectivity index (χ4n) is 6.19. The molecule has 218 valence electrons. The van der Waals surface area contributed by atoms with E-state index in [0.29, 0.717) is 25.1 Å². The fourth-order valence-corrected chi connectivity index (χ4v) is 6.53. The minimum absolute atomic E-state index is 0.0892. The standard InChI is InChI=1S/C32H36Cl2F2N4O/c1-18(38)32(23-13-10-20(33)16-25(23)35)26(17-31(2,3)4)40-29(27(32)22-6-5-7-24(34)28(22)36)30(41)39-21-11-8-19(9-12-21)14-15-37/h5-13,16,26-27,29,38,40H,14-15,17,37H2,1-4H3,(H,39,41)/t26-,27-,29+,32-/m0/s1. The molecule has 1 saturated heterocycles. The van der Waals surface area contributed by atoms with Crippen molar-refractivity contribution in [1.82, 2.24) is 5.32 Å². The summed E-state index contributed by atoms with van der Waals surface area (Å²) < 4.78 is 31.8. The molecule has 3 aromatic carbocycles. The highest BCUT2D eigenvalue weighted by Crippen LogP contribution is 2.53. The maximum atomic E-state index is 15.9. The number of benzene rings is 3. The van der Waals surface area contributed by atoms with Crippen molar-refractivity contribution in [2.75, 3.05) is 11.9 Å². The summed E-state index contributed by atoms with van der Waals surface area (Å²) in [5, 5.41) is 15.6. The summed E-state index contributed by atoms with van der Waals surface area (Å²) in [6.07, 6.45) is 1.17. The van der Waals surface area contributed by atoms with Crippen LogP contribution in [0, 0.1) is 22.5 Å². The second kappa shape index (κ2) is 12.2. The first-order chi connectivity index (χ1) is 19.3. The Morgan fingerprint density at radius 1 is 1.10 bits per heavy atom. The number of hydrogen-bond acceptors (Lipinski definition) is 4. The zero-order chi connectivity index (χ0) is 30.1. The molecule has 9 heteroatoms. The average molecular weight is 602 g/mol. The summed E-state index contributed by atoms with van der Waals surface area (Å²) in [6, 6.07) is 14.6. The summed E-state index contributed by atoms with van der Waals surface area (Å²) >= 11 is 12.4. The minimum atomic E-state index is -1.44. The SMILES string of the molecule is CC(=N)[C@]1(c2ccc(Cl)cc2F)[C@H](CC(C)(C)C)N[C@@H](C(=O)Nc2ccc(CCN)cc2)[C@@H]1c1cccc(Cl)c1F. The largest absolute Gasteiger partial charge is 0.330 e. The lowest BCUT2D eigenvalue weighted by molar-refractivity contribution is -0.118. The van der Waals surface area contributed by atoms with Crippen molar-refractivity contribution >= 4 is 40.5 Å². The van der Waals surface area contributed by atoms with Gasteiger partial charge in [0.15, 0.2) is 0 Å². The van der Waals surface area contributed by atoms with Gasteiger partial charge in [0.2, 0.25) is 5.91 Å². The lowest BCUT2D eigenvalue weighted by Crippen LogP contribution is -2.50. The smallest absolute Gasteiger partial charge is 0.242 e. The summed E-state index contributed by atoms with van der Waals surface area (Å²) in [5.41, 5.74) is 5.90. The molecule has 4 atom stereocenters. The third-order valence-electron chi connectivity index (χ3n) is 7.82. The van der Waals surface area contributed by atoms with Gasteiger partial charge in [0.25, 0.3) is 0 Å². The van der Waals surface area contributed by atoms with Crippen LogP contribution in [0.15, 0.2) is 60.7 Å². The fraction of sp³-hybridized carbons (Fsp3) is 0.375. The molecule has 1 aliphatic rings. The van der Waals surface area contributed by atoms with Gasteiger partial charge in [-0.3, -0.25) is 4.79 Å². The van der Waals surface area contributed by atoms with Crippen LogP contribution in [0.4, 0.5) is 14.5 Å². The molecule has 5 N–H and O–H groups in total. The first kappa shape index (κ1) is 31.1. The van der Waals surface area contributed by atoms with Crippen LogP contribution in [0.3, 0.4) is 0 Å². The van der Waals surface area contributed by atoms with Gasteiger partial charge in [-0.2, -0.15) is 0 Å². The molecule has 0 spiro atoms. The summed E-state index contributed by atoms with van der Waals surface area (Å²) in [6.45, 7) is 8.18. The van der Waals surface area contributed by atoms with E-state index in [1.54, 1.807) is 43.3 Å². The van der Waals surface area contributed by atoms with Gasteiger partial charge < -0.3 is 21.8 Å². The monoisotopic (exact) mass is 600 g/mol. The predicted molar refractivity (Wildman–Crippen MR) is 163 cm³/mol. The Labute approximate surface area is 250 Å². The average Bonchev–Trinajstić information content (AvgIpc) is 3.21. The van der Waals surface area contributed by atoms with E-state index in [0.717, 1.165) is 5.56 Å². The highest BCUT2D eigenvalue weighted by Gasteiger charge is 2.61. The number of nitrogens with one attached hydrogen (secondary N) is 3. The van der Waals surface area contributed by atoms with E-state index in [1.807, 2.05) is 32.9 Å². The second-order valence-corrected chi connectivity index (χ2v) is 12.8. The van der Waals surface area contributed by atoms with E-state index in [-0.39, 0.29) is 32.3 Å². The maximum absolute atomic E-state index is 15.9. The second-order valence-electron chi connectivity index (χ2n) is 11.9. The Hall–Kier alpha value is -2.84. The molecule has 0 radical (unpaired) electrons. The van der Waals surface area contributed by atoms with Gasteiger partial charge in [-0.15, -0.1) is 0 Å². The molecule has 0 saturated carbocycles. The minimum Gasteiger partial charge on any atom is -0.330 e. The van der Waals surface area contributed by atoms with Crippen molar-refractivity contribution in [1.29, 1.82) is 5.41 Å². The molecule has 1 amide bonds. The zero-order valence-corrected chi connectivity index (χ0v) is 25.1. The molecular formula is C32H36Cl2F2N4O. The lowest BCUT2D eigenvalue weighted by Gasteiger charge is -2.42. The summed E-state index contributed by atoms with van der Waals surface area (Å²) in [7, 11) is 0. The van der Waals surface area contributed by atoms with Gasteiger partial charge in [0.05, 0.1) is 16.5 Å². The molecule has 0 aromatic heterocycles. The number of nitrogens with two attached hydrogens (primary N) is 1. The molecule has 41 heavy (non-hydrogen) atoms. The molecule has 0 aliphatic carbocycles. The third-order valence-corrected chi connectivity index (χ3v) is 8.35. The molecule has 0 bridgehead atoms. The molecule has 1 aliphatic heterocycles. The summed E-state index contributed by atoms with van der Waals surface area (Å²) in [5.74, 6) is -2.79. The van der Waals surface area contributed by atoms with Crippen LogP contribution in [0.1, 0.15) is 56.7 Å². The first-order valence-electron chi connectivity index (χ1n) is 13.6. The van der Waals surface area contributed by atoms with E-state index in [1.165, 1.54) is 12.1 Å². The topological polar surface area (TPSA) is 91.0 Å². The Kier molecular flexibility index (Phi) is 9.24. The number of halogens is 4. The molecule has 1 fully saturated rings. The summed E-state index contributed by atoms with van der Waals surface area (Å²) in [4.78, 5) is 14.1. The Balaban J connectivity index is 1.94. The quantitative estimate of drug-likeness (QED) is 0.205. The number of rotatable bonds is 8. The van der Waals surface area contributed by atoms with Crippen LogP contribution >= 0.6 is 23.2 Å². The molecule has 4 rings (SSSR count). The van der Waals surface area contributed by atoms with Crippen molar-refractivity contribution in [2.45, 2.75) is 64.0 Å². The molecule has 1 heterocycles. The van der Waals surface area contributed by atoms with Crippen LogP contribution in [0.5, 0.6) is 0 Å². The van der Waals surface area contributed by atoms with Gasteiger partial charge in [0, 0.05) is 33.9 Å². The van der Waals surface area contributed by atoms with Crippen molar-refractivity contribution < 1.29 is 13.6 Å². The Morgan fingerprint density at radius 3 is 2.37 bits per heavy atom. The van der Waals surface area contributed by atoms with Crippen molar-refractivity contribution in [2.24, 2.45) is 11.1 Å². The van der Waals surface area contributed by atoms with Crippen molar-refractivity contribution in [3.63, 3.8) is 0 Å². The highest BCUT2D eigenvalue weighted by atomic mass is 35.5. The Bertz CT molecular complexity index is 1440. The van der Waals surface area contributed by atoms with Gasteiger partial charge >= 0.3 is 0 Å². The first-order valence-corrected chi connectivity index (χ1v) is 14.4. The molecule has 3 aromatic rings. The van der Waals surface area contributed by atoms with Crippen LogP contribution in [-0.2, 0) is 16.6 Å². The van der Waals surface area contributed by atoms with E-state index < -0.39 is 41.0 Å². The normalized spacial score (nSPS) is 22.5. The molecular weight excluding hydrogens is 565 g/mol. The van der Waals surface area contributed by atoms with Crippen LogP contribution in [-0.4, -0.2) is 30.2 Å². The van der Waals surface area contributed by atoms with Gasteiger partial charge in [-0.25, -0.2) is 8.78 Å². The zero-order valence-electron chi connectivity index (χ0n) is 23.6. The molecule has 5 nitrogen and oxygen atoms in total. The molecule has 0 unspecified atom stereocenters.